The largest absolute Gasteiger partial charge is 0.387 e. The molecule has 1 heterocycles. The molecule has 0 bridgehead atoms. The first-order valence-electron chi connectivity index (χ1n) is 6.60. The summed E-state index contributed by atoms with van der Waals surface area (Å²) in [5.74, 6) is 2.96. The predicted molar refractivity (Wildman–Crippen MR) is 76.9 cm³/mol. The molecule has 1 saturated heterocycles. The fraction of sp³-hybridized carbons (Fsp3) is 0.923. The lowest BCUT2D eigenvalue weighted by Crippen LogP contribution is -2.47. The molecule has 0 aromatic heterocycles. The van der Waals surface area contributed by atoms with Gasteiger partial charge in [0, 0.05) is 19.5 Å². The van der Waals surface area contributed by atoms with Crippen molar-refractivity contribution >= 4 is 17.7 Å². The second kappa shape index (κ2) is 7.36. The van der Waals surface area contributed by atoms with Gasteiger partial charge in [-0.1, -0.05) is 0 Å². The monoisotopic (exact) mass is 274 g/mol. The van der Waals surface area contributed by atoms with Crippen LogP contribution in [0.15, 0.2) is 0 Å². The average Bonchev–Trinajstić information content (AvgIpc) is 2.26. The Labute approximate surface area is 115 Å². The van der Waals surface area contributed by atoms with Gasteiger partial charge in [0.1, 0.15) is 0 Å². The van der Waals surface area contributed by atoms with E-state index in [0.29, 0.717) is 25.4 Å². The minimum Gasteiger partial charge on any atom is -0.387 e. The number of nitrogens with zero attached hydrogens (tertiary/aromatic N) is 1. The molecule has 0 saturated carbocycles. The molecule has 0 aromatic carbocycles. The van der Waals surface area contributed by atoms with E-state index in [0.717, 1.165) is 12.8 Å². The summed E-state index contributed by atoms with van der Waals surface area (Å²) in [7, 11) is 3.83. The molecule has 18 heavy (non-hydrogen) atoms. The summed E-state index contributed by atoms with van der Waals surface area (Å²) >= 11 is 1.97. The summed E-state index contributed by atoms with van der Waals surface area (Å²) in [6.07, 6.45) is 2.90. The van der Waals surface area contributed by atoms with Crippen LogP contribution in [0.25, 0.3) is 0 Å². The van der Waals surface area contributed by atoms with Gasteiger partial charge in [-0.3, -0.25) is 4.79 Å². The summed E-state index contributed by atoms with van der Waals surface area (Å²) in [6, 6.07) is 0. The third-order valence-corrected chi connectivity index (χ3v) is 4.19. The SMILES string of the molecule is CN(C)CC(C)(O)CNC(=O)CC1CCSCC1. The van der Waals surface area contributed by atoms with Gasteiger partial charge < -0.3 is 15.3 Å². The van der Waals surface area contributed by atoms with Gasteiger partial charge in [-0.15, -0.1) is 0 Å². The van der Waals surface area contributed by atoms with Crippen LogP contribution in [0.3, 0.4) is 0 Å². The van der Waals surface area contributed by atoms with E-state index in [1.807, 2.05) is 30.8 Å². The summed E-state index contributed by atoms with van der Waals surface area (Å²) in [5, 5.41) is 12.9. The highest BCUT2D eigenvalue weighted by atomic mass is 32.2. The van der Waals surface area contributed by atoms with E-state index >= 15 is 0 Å². The van der Waals surface area contributed by atoms with Crippen LogP contribution in [-0.4, -0.2) is 60.2 Å². The number of carbonyl (C=O) groups excluding carboxylic acids is 1. The van der Waals surface area contributed by atoms with Crippen molar-refractivity contribution < 1.29 is 9.90 Å². The van der Waals surface area contributed by atoms with Gasteiger partial charge in [0.05, 0.1) is 5.60 Å². The van der Waals surface area contributed by atoms with Gasteiger partial charge in [0.2, 0.25) is 5.91 Å². The lowest BCUT2D eigenvalue weighted by Gasteiger charge is -2.27. The maximum atomic E-state index is 11.8. The second-order valence-corrected chi connectivity index (χ2v) is 7.00. The highest BCUT2D eigenvalue weighted by molar-refractivity contribution is 7.99. The number of nitrogens with one attached hydrogen (secondary N) is 1. The van der Waals surface area contributed by atoms with Crippen molar-refractivity contribution in [1.82, 2.24) is 10.2 Å². The van der Waals surface area contributed by atoms with E-state index in [9.17, 15) is 9.90 Å². The Morgan fingerprint density at radius 1 is 1.44 bits per heavy atom. The van der Waals surface area contributed by atoms with E-state index in [1.165, 1.54) is 11.5 Å². The Morgan fingerprint density at radius 2 is 2.06 bits per heavy atom. The van der Waals surface area contributed by atoms with Crippen molar-refractivity contribution in [3.05, 3.63) is 0 Å². The van der Waals surface area contributed by atoms with Crippen molar-refractivity contribution in [3.8, 4) is 0 Å². The molecule has 106 valence electrons. The number of hydrogen-bond acceptors (Lipinski definition) is 4. The summed E-state index contributed by atoms with van der Waals surface area (Å²) in [4.78, 5) is 13.7. The Kier molecular flexibility index (Phi) is 6.46. The molecule has 1 rings (SSSR count). The van der Waals surface area contributed by atoms with Crippen LogP contribution in [0.4, 0.5) is 0 Å². The quantitative estimate of drug-likeness (QED) is 0.757. The molecular formula is C13H26N2O2S. The molecule has 0 spiro atoms. The van der Waals surface area contributed by atoms with E-state index in [4.69, 9.17) is 0 Å². The van der Waals surface area contributed by atoms with Crippen molar-refractivity contribution in [1.29, 1.82) is 0 Å². The van der Waals surface area contributed by atoms with E-state index in [2.05, 4.69) is 5.32 Å². The standard InChI is InChI=1S/C13H26N2O2S/c1-13(17,10-15(2)3)9-14-12(16)8-11-4-6-18-7-5-11/h11,17H,4-10H2,1-3H3,(H,14,16). The van der Waals surface area contributed by atoms with Crippen LogP contribution in [0.5, 0.6) is 0 Å². The van der Waals surface area contributed by atoms with Crippen LogP contribution >= 0.6 is 11.8 Å². The number of rotatable bonds is 6. The first kappa shape index (κ1) is 15.8. The summed E-state index contributed by atoms with van der Waals surface area (Å²) in [5.41, 5.74) is -0.860. The van der Waals surface area contributed by atoms with Crippen LogP contribution in [-0.2, 0) is 4.79 Å². The normalized spacial score (nSPS) is 20.7. The molecule has 4 nitrogen and oxygen atoms in total. The van der Waals surface area contributed by atoms with Gasteiger partial charge in [-0.2, -0.15) is 11.8 Å². The first-order valence-corrected chi connectivity index (χ1v) is 7.76. The topological polar surface area (TPSA) is 52.6 Å². The highest BCUT2D eigenvalue weighted by Gasteiger charge is 2.23. The van der Waals surface area contributed by atoms with Crippen molar-refractivity contribution in [2.75, 3.05) is 38.7 Å². The van der Waals surface area contributed by atoms with Gasteiger partial charge in [0.15, 0.2) is 0 Å². The molecule has 1 unspecified atom stereocenters. The number of aliphatic hydroxyl groups is 1. The molecule has 5 heteroatoms. The van der Waals surface area contributed by atoms with Crippen molar-refractivity contribution in [2.24, 2.45) is 5.92 Å². The van der Waals surface area contributed by atoms with E-state index in [1.54, 1.807) is 6.92 Å². The third kappa shape index (κ3) is 6.61. The fourth-order valence-electron chi connectivity index (χ4n) is 2.31. The molecular weight excluding hydrogens is 248 g/mol. The Bertz CT molecular complexity index is 264. The molecule has 2 N–H and O–H groups in total. The van der Waals surface area contributed by atoms with Crippen LogP contribution in [0.2, 0.25) is 0 Å². The maximum absolute atomic E-state index is 11.8. The Morgan fingerprint density at radius 3 is 2.61 bits per heavy atom. The van der Waals surface area contributed by atoms with Crippen molar-refractivity contribution in [2.45, 2.75) is 31.8 Å². The molecule has 1 amide bonds. The van der Waals surface area contributed by atoms with Crippen LogP contribution < -0.4 is 5.32 Å². The zero-order valence-electron chi connectivity index (χ0n) is 11.7. The molecule has 0 aromatic rings. The number of carbonyl (C=O) groups is 1. The lowest BCUT2D eigenvalue weighted by atomic mass is 9.98. The zero-order valence-corrected chi connectivity index (χ0v) is 12.6. The number of amides is 1. The van der Waals surface area contributed by atoms with Gasteiger partial charge in [-0.05, 0) is 51.3 Å². The molecule has 1 aliphatic rings. The van der Waals surface area contributed by atoms with Gasteiger partial charge in [0.25, 0.3) is 0 Å². The predicted octanol–water partition coefficient (Wildman–Crippen LogP) is 0.948. The van der Waals surface area contributed by atoms with Gasteiger partial charge in [-0.25, -0.2) is 0 Å². The zero-order chi connectivity index (χ0) is 13.6. The highest BCUT2D eigenvalue weighted by Crippen LogP contribution is 2.25. The Balaban J connectivity index is 2.23. The minimum atomic E-state index is -0.860. The number of thioether (sulfide) groups is 1. The molecule has 0 aliphatic carbocycles. The second-order valence-electron chi connectivity index (χ2n) is 5.77. The summed E-state index contributed by atoms with van der Waals surface area (Å²) < 4.78 is 0. The minimum absolute atomic E-state index is 0.0749. The average molecular weight is 274 g/mol. The smallest absolute Gasteiger partial charge is 0.220 e. The van der Waals surface area contributed by atoms with E-state index < -0.39 is 5.60 Å². The maximum Gasteiger partial charge on any atom is 0.220 e. The lowest BCUT2D eigenvalue weighted by molar-refractivity contribution is -0.123. The first-order chi connectivity index (χ1) is 8.39. The van der Waals surface area contributed by atoms with Crippen molar-refractivity contribution in [3.63, 3.8) is 0 Å². The number of likely N-dealkylation sites (N-methyl/N-ethyl adjacent to an activating group) is 1. The van der Waals surface area contributed by atoms with Crippen LogP contribution in [0, 0.1) is 5.92 Å². The Hall–Kier alpha value is -0.260. The van der Waals surface area contributed by atoms with Crippen LogP contribution in [0.1, 0.15) is 26.2 Å². The molecule has 1 aliphatic heterocycles. The molecule has 1 fully saturated rings. The van der Waals surface area contributed by atoms with Gasteiger partial charge >= 0.3 is 0 Å². The van der Waals surface area contributed by atoms with E-state index in [-0.39, 0.29) is 5.91 Å². The third-order valence-electron chi connectivity index (χ3n) is 3.14. The molecule has 1 atom stereocenters. The molecule has 0 radical (unpaired) electrons. The number of hydrogen-bond donors (Lipinski definition) is 2. The fourth-order valence-corrected chi connectivity index (χ4v) is 3.52. The summed E-state index contributed by atoms with van der Waals surface area (Å²) in [6.45, 7) is 2.63.